The zero-order chi connectivity index (χ0) is 15.7. The minimum absolute atomic E-state index is 0.527. The van der Waals surface area contributed by atoms with Crippen molar-refractivity contribution in [2.45, 2.75) is 50.5 Å². The quantitative estimate of drug-likeness (QED) is 0.900. The molecular formula is C17H27NO. The number of hydrogen-bond donors (Lipinski definition) is 1. The first-order valence-electron chi connectivity index (χ1n) is 8.24. The Hall–Kier alpha value is -0.860. The lowest BCUT2D eigenvalue weighted by atomic mass is 9.72. The summed E-state index contributed by atoms with van der Waals surface area (Å²) in [5, 5.41) is 11.2. The zero-order valence-corrected chi connectivity index (χ0v) is 12.3. The number of likely N-dealkylation sites (N-methyl/N-ethyl adjacent to an activating group) is 1. The SMILES string of the molecule is [2H]C([2H])([C@H](c1ccc(C)cc1)C1(O)CCCCC1)N(C)C. The van der Waals surface area contributed by atoms with Gasteiger partial charge in [0.25, 0.3) is 0 Å². The molecule has 106 valence electrons. The monoisotopic (exact) mass is 263 g/mol. The van der Waals surface area contributed by atoms with Crippen LogP contribution in [0.1, 0.15) is 51.9 Å². The Morgan fingerprint density at radius 3 is 2.32 bits per heavy atom. The Labute approximate surface area is 120 Å². The van der Waals surface area contributed by atoms with Crippen LogP contribution < -0.4 is 0 Å². The van der Waals surface area contributed by atoms with Gasteiger partial charge in [0.1, 0.15) is 0 Å². The summed E-state index contributed by atoms with van der Waals surface area (Å²) < 4.78 is 17.0. The van der Waals surface area contributed by atoms with Gasteiger partial charge in [-0.15, -0.1) is 0 Å². The summed E-state index contributed by atoms with van der Waals surface area (Å²) in [4.78, 5) is 1.59. The predicted octanol–water partition coefficient (Wildman–Crippen LogP) is 3.34. The largest absolute Gasteiger partial charge is 0.389 e. The molecule has 0 heterocycles. The van der Waals surface area contributed by atoms with E-state index >= 15 is 0 Å². The van der Waals surface area contributed by atoms with Crippen molar-refractivity contribution in [3.8, 4) is 0 Å². The molecule has 0 spiro atoms. The second-order valence-corrected chi connectivity index (χ2v) is 6.03. The van der Waals surface area contributed by atoms with Gasteiger partial charge in [0.15, 0.2) is 0 Å². The molecule has 0 bridgehead atoms. The van der Waals surface area contributed by atoms with Gasteiger partial charge in [-0.25, -0.2) is 0 Å². The summed E-state index contributed by atoms with van der Waals surface area (Å²) in [5.41, 5.74) is 1.09. The van der Waals surface area contributed by atoms with Gasteiger partial charge >= 0.3 is 0 Å². The third kappa shape index (κ3) is 3.58. The smallest absolute Gasteiger partial charge is 0.0728 e. The van der Waals surface area contributed by atoms with E-state index in [1.807, 2.05) is 31.2 Å². The van der Waals surface area contributed by atoms with Crippen molar-refractivity contribution in [1.29, 1.82) is 0 Å². The van der Waals surface area contributed by atoms with E-state index in [2.05, 4.69) is 0 Å². The molecule has 0 aromatic heterocycles. The zero-order valence-electron chi connectivity index (χ0n) is 14.3. The molecule has 1 N–H and O–H groups in total. The Morgan fingerprint density at radius 2 is 1.79 bits per heavy atom. The van der Waals surface area contributed by atoms with Crippen LogP contribution in [-0.4, -0.2) is 36.2 Å². The maximum atomic E-state index is 11.2. The first-order chi connectivity index (χ1) is 9.77. The van der Waals surface area contributed by atoms with Crippen LogP contribution in [0.3, 0.4) is 0 Å². The number of aryl methyl sites for hydroxylation is 1. The lowest BCUT2D eigenvalue weighted by molar-refractivity contribution is -0.0277. The Kier molecular flexibility index (Phi) is 3.80. The Bertz CT molecular complexity index is 464. The van der Waals surface area contributed by atoms with Gasteiger partial charge < -0.3 is 10.0 Å². The molecule has 0 radical (unpaired) electrons. The van der Waals surface area contributed by atoms with Crippen LogP contribution >= 0.6 is 0 Å². The Balaban J connectivity index is 2.46. The standard InChI is InChI=1S/C17H27NO/c1-14-7-9-15(10-8-14)16(13-18(2)3)17(19)11-5-4-6-12-17/h7-10,16,19H,4-6,11-13H2,1-3H3/t16-/m1/s1/i13D2. The fourth-order valence-corrected chi connectivity index (χ4v) is 2.97. The highest BCUT2D eigenvalue weighted by atomic mass is 16.3. The van der Waals surface area contributed by atoms with Crippen LogP contribution in [0.15, 0.2) is 24.3 Å². The molecule has 1 aromatic carbocycles. The van der Waals surface area contributed by atoms with Crippen LogP contribution in [0.25, 0.3) is 0 Å². The van der Waals surface area contributed by atoms with Gasteiger partial charge in [-0.3, -0.25) is 0 Å². The highest BCUT2D eigenvalue weighted by Crippen LogP contribution is 2.40. The van der Waals surface area contributed by atoms with Crippen LogP contribution in [0.5, 0.6) is 0 Å². The molecular weight excluding hydrogens is 234 g/mol. The van der Waals surface area contributed by atoms with Crippen LogP contribution in [-0.2, 0) is 0 Å². The summed E-state index contributed by atoms with van der Waals surface area (Å²) in [6.07, 6.45) is 4.44. The molecule has 1 aliphatic rings. The van der Waals surface area contributed by atoms with E-state index in [0.717, 1.165) is 30.4 Å². The molecule has 0 unspecified atom stereocenters. The lowest BCUT2D eigenvalue weighted by Gasteiger charge is -2.40. The van der Waals surface area contributed by atoms with Crippen LogP contribution in [0, 0.1) is 6.92 Å². The first-order valence-corrected chi connectivity index (χ1v) is 7.24. The van der Waals surface area contributed by atoms with E-state index in [1.165, 1.54) is 0 Å². The Morgan fingerprint density at radius 1 is 1.21 bits per heavy atom. The molecule has 0 saturated heterocycles. The summed E-state index contributed by atoms with van der Waals surface area (Å²) in [6.45, 7) is 0.441. The summed E-state index contributed by atoms with van der Waals surface area (Å²) in [5.74, 6) is -0.527. The molecule has 1 atom stereocenters. The number of nitrogens with zero attached hydrogens (tertiary/aromatic N) is 1. The average molecular weight is 263 g/mol. The van der Waals surface area contributed by atoms with Gasteiger partial charge in [-0.05, 0) is 39.4 Å². The maximum absolute atomic E-state index is 11.2. The van der Waals surface area contributed by atoms with Crippen molar-refractivity contribution >= 4 is 0 Å². The van der Waals surface area contributed by atoms with Crippen molar-refractivity contribution in [2.75, 3.05) is 20.6 Å². The molecule has 19 heavy (non-hydrogen) atoms. The summed E-state index contributed by atoms with van der Waals surface area (Å²) >= 11 is 0. The summed E-state index contributed by atoms with van der Waals surface area (Å²) in [7, 11) is 3.49. The molecule has 2 heteroatoms. The van der Waals surface area contributed by atoms with E-state index in [9.17, 15) is 5.11 Å². The topological polar surface area (TPSA) is 23.5 Å². The number of rotatable bonds is 4. The first kappa shape index (κ1) is 11.9. The van der Waals surface area contributed by atoms with Crippen molar-refractivity contribution in [2.24, 2.45) is 0 Å². The van der Waals surface area contributed by atoms with E-state index < -0.39 is 18.0 Å². The van der Waals surface area contributed by atoms with Gasteiger partial charge in [0, 0.05) is 15.2 Å². The number of hydrogen-bond acceptors (Lipinski definition) is 2. The van der Waals surface area contributed by atoms with E-state index in [0.29, 0.717) is 12.8 Å². The molecule has 1 aliphatic carbocycles. The van der Waals surface area contributed by atoms with E-state index in [-0.39, 0.29) is 0 Å². The second-order valence-electron chi connectivity index (χ2n) is 6.03. The minimum atomic E-state index is -1.58. The third-order valence-corrected chi connectivity index (χ3v) is 4.05. The van der Waals surface area contributed by atoms with E-state index in [4.69, 9.17) is 2.74 Å². The van der Waals surface area contributed by atoms with Crippen LogP contribution in [0.2, 0.25) is 0 Å². The predicted molar refractivity (Wildman–Crippen MR) is 80.5 cm³/mol. The van der Waals surface area contributed by atoms with Crippen molar-refractivity contribution in [3.05, 3.63) is 35.4 Å². The molecule has 1 aromatic rings. The lowest BCUT2D eigenvalue weighted by Crippen LogP contribution is -2.42. The number of aliphatic hydroxyl groups is 1. The maximum Gasteiger partial charge on any atom is 0.0728 e. The molecule has 0 aliphatic heterocycles. The van der Waals surface area contributed by atoms with Gasteiger partial charge in [-0.1, -0.05) is 49.1 Å². The van der Waals surface area contributed by atoms with Crippen LogP contribution in [0.4, 0.5) is 0 Å². The molecule has 2 rings (SSSR count). The molecule has 0 amide bonds. The molecule has 1 fully saturated rings. The number of benzene rings is 1. The molecule has 1 saturated carbocycles. The van der Waals surface area contributed by atoms with Gasteiger partial charge in [-0.2, -0.15) is 0 Å². The van der Waals surface area contributed by atoms with Crippen molar-refractivity contribution in [1.82, 2.24) is 4.90 Å². The third-order valence-electron chi connectivity index (χ3n) is 4.05. The minimum Gasteiger partial charge on any atom is -0.389 e. The van der Waals surface area contributed by atoms with Gasteiger partial charge in [0.2, 0.25) is 0 Å². The fourth-order valence-electron chi connectivity index (χ4n) is 2.97. The normalized spacial score (nSPS) is 22.8. The highest BCUT2D eigenvalue weighted by molar-refractivity contribution is 5.27. The average Bonchev–Trinajstić information content (AvgIpc) is 2.41. The van der Waals surface area contributed by atoms with E-state index in [1.54, 1.807) is 19.0 Å². The van der Waals surface area contributed by atoms with Crippen molar-refractivity contribution in [3.63, 3.8) is 0 Å². The summed E-state index contributed by atoms with van der Waals surface area (Å²) in [6, 6.07) is 7.93. The van der Waals surface area contributed by atoms with Crippen molar-refractivity contribution < 1.29 is 7.85 Å². The highest BCUT2D eigenvalue weighted by Gasteiger charge is 2.38. The van der Waals surface area contributed by atoms with Gasteiger partial charge in [0.05, 0.1) is 5.60 Å². The second kappa shape index (κ2) is 6.06. The molecule has 2 nitrogen and oxygen atoms in total. The fraction of sp³-hybridized carbons (Fsp3) is 0.647.